The van der Waals surface area contributed by atoms with Gasteiger partial charge in [-0.15, -0.1) is 0 Å². The molecule has 154 valence electrons. The molecule has 0 aromatic heterocycles. The molecule has 0 amide bonds. The van der Waals surface area contributed by atoms with Gasteiger partial charge in [-0.1, -0.05) is 24.3 Å². The third-order valence-electron chi connectivity index (χ3n) is 3.34. The number of ether oxygens (including phenoxy) is 1. The molecule has 0 saturated carbocycles. The minimum Gasteiger partial charge on any atom is -0.468 e. The molecule has 0 aliphatic carbocycles. The fraction of sp³-hybridized carbons (Fsp3) is 0.632. The molecule has 0 aliphatic rings. The number of rotatable bonds is 7. The number of aliphatic hydroxyl groups excluding tert-OH is 1. The van der Waals surface area contributed by atoms with E-state index in [1.165, 1.54) is 7.11 Å². The smallest absolute Gasteiger partial charge is 0.364 e. The predicted molar refractivity (Wildman–Crippen MR) is 104 cm³/mol. The molecular formula is C19H32NO6P. The molecule has 2 unspecified atom stereocenters. The lowest BCUT2D eigenvalue weighted by atomic mass is 10.0. The fourth-order valence-corrected chi connectivity index (χ4v) is 4.68. The van der Waals surface area contributed by atoms with E-state index >= 15 is 0 Å². The molecule has 0 radical (unpaired) electrons. The van der Waals surface area contributed by atoms with E-state index in [2.05, 4.69) is 4.74 Å². The lowest BCUT2D eigenvalue weighted by Gasteiger charge is -2.34. The van der Waals surface area contributed by atoms with Crippen LogP contribution >= 0.6 is 7.60 Å². The van der Waals surface area contributed by atoms with Crippen LogP contribution in [0, 0.1) is 0 Å². The number of benzene rings is 1. The van der Waals surface area contributed by atoms with Crippen molar-refractivity contribution in [2.24, 2.45) is 5.73 Å². The Bertz CT molecular complexity index is 655. The van der Waals surface area contributed by atoms with Gasteiger partial charge < -0.3 is 24.6 Å². The van der Waals surface area contributed by atoms with Crippen molar-refractivity contribution in [1.82, 2.24) is 0 Å². The van der Waals surface area contributed by atoms with E-state index in [-0.39, 0.29) is 6.42 Å². The van der Waals surface area contributed by atoms with E-state index in [0.717, 1.165) is 5.56 Å². The summed E-state index contributed by atoms with van der Waals surface area (Å²) >= 11 is 0. The molecule has 8 heteroatoms. The highest BCUT2D eigenvalue weighted by Crippen LogP contribution is 2.63. The Balaban J connectivity index is 3.06. The van der Waals surface area contributed by atoms with Crippen LogP contribution in [0.3, 0.4) is 0 Å². The van der Waals surface area contributed by atoms with Crippen LogP contribution in [-0.4, -0.2) is 35.4 Å². The van der Waals surface area contributed by atoms with Gasteiger partial charge in [0.25, 0.3) is 0 Å². The second-order valence-corrected chi connectivity index (χ2v) is 10.3. The summed E-state index contributed by atoms with van der Waals surface area (Å²) in [6.45, 7) is 10.5. The Labute approximate surface area is 161 Å². The van der Waals surface area contributed by atoms with Crippen molar-refractivity contribution in [3.8, 4) is 0 Å². The molecule has 1 aromatic rings. The molecule has 0 heterocycles. The van der Waals surface area contributed by atoms with E-state index in [1.807, 2.05) is 0 Å². The third kappa shape index (κ3) is 7.72. The van der Waals surface area contributed by atoms with Gasteiger partial charge in [-0.3, -0.25) is 9.36 Å². The van der Waals surface area contributed by atoms with E-state index < -0.39 is 36.7 Å². The van der Waals surface area contributed by atoms with Crippen LogP contribution in [0.5, 0.6) is 0 Å². The van der Waals surface area contributed by atoms with Crippen LogP contribution in [0.15, 0.2) is 24.3 Å². The number of hydrogen-bond donors (Lipinski definition) is 2. The lowest BCUT2D eigenvalue weighted by molar-refractivity contribution is -0.142. The van der Waals surface area contributed by atoms with Crippen molar-refractivity contribution in [2.45, 2.75) is 71.1 Å². The molecule has 3 N–H and O–H groups in total. The van der Waals surface area contributed by atoms with Gasteiger partial charge in [0.1, 0.15) is 6.04 Å². The standard InChI is InChI=1S/C19H32NO6P/c1-18(2,3)25-27(23,26-19(4,5)6)17(22)14-10-8-13(9-11-14)12-15(20)16(21)24-7/h8-11,15,17,22H,12,20H2,1-7H3. The number of methoxy groups -OCH3 is 1. The zero-order valence-electron chi connectivity index (χ0n) is 17.2. The molecule has 1 rings (SSSR count). The van der Waals surface area contributed by atoms with Crippen LogP contribution in [-0.2, 0) is 29.6 Å². The van der Waals surface area contributed by atoms with Gasteiger partial charge in [-0.25, -0.2) is 0 Å². The van der Waals surface area contributed by atoms with Crippen LogP contribution in [0.2, 0.25) is 0 Å². The third-order valence-corrected chi connectivity index (χ3v) is 5.84. The Kier molecular flexibility index (Phi) is 7.79. The van der Waals surface area contributed by atoms with Gasteiger partial charge in [-0.2, -0.15) is 0 Å². The van der Waals surface area contributed by atoms with Crippen molar-refractivity contribution >= 4 is 13.6 Å². The van der Waals surface area contributed by atoms with Crippen LogP contribution in [0.4, 0.5) is 0 Å². The maximum atomic E-state index is 13.4. The van der Waals surface area contributed by atoms with Crippen LogP contribution in [0.1, 0.15) is 58.5 Å². The Morgan fingerprint density at radius 3 is 1.89 bits per heavy atom. The van der Waals surface area contributed by atoms with Crippen molar-refractivity contribution < 1.29 is 28.3 Å². The molecule has 0 saturated heterocycles. The SMILES string of the molecule is COC(=O)C(N)Cc1ccc(C(O)P(=O)(OC(C)(C)C)OC(C)(C)C)cc1. The normalized spacial score (nSPS) is 15.3. The number of carbonyl (C=O) groups is 1. The average molecular weight is 401 g/mol. The first-order chi connectivity index (χ1) is 12.2. The Morgan fingerprint density at radius 2 is 1.52 bits per heavy atom. The summed E-state index contributed by atoms with van der Waals surface area (Å²) in [4.78, 5) is 11.4. The van der Waals surface area contributed by atoms with E-state index in [0.29, 0.717) is 5.56 Å². The highest BCUT2D eigenvalue weighted by Gasteiger charge is 2.42. The van der Waals surface area contributed by atoms with Crippen molar-refractivity contribution in [3.63, 3.8) is 0 Å². The zero-order chi connectivity index (χ0) is 21.0. The zero-order valence-corrected chi connectivity index (χ0v) is 18.1. The van der Waals surface area contributed by atoms with E-state index in [1.54, 1.807) is 65.8 Å². The number of aliphatic hydroxyl groups is 1. The second kappa shape index (κ2) is 8.84. The molecule has 0 fully saturated rings. The molecule has 2 atom stereocenters. The minimum absolute atomic E-state index is 0.289. The maximum absolute atomic E-state index is 13.4. The summed E-state index contributed by atoms with van der Waals surface area (Å²) in [5, 5.41) is 10.8. The second-order valence-electron chi connectivity index (χ2n) is 8.40. The molecule has 0 spiro atoms. The molecule has 0 bridgehead atoms. The van der Waals surface area contributed by atoms with Crippen molar-refractivity contribution in [3.05, 3.63) is 35.4 Å². The first-order valence-corrected chi connectivity index (χ1v) is 10.4. The number of nitrogens with two attached hydrogens (primary N) is 1. The van der Waals surface area contributed by atoms with Gasteiger partial charge >= 0.3 is 13.6 Å². The first kappa shape index (κ1) is 23.8. The largest absolute Gasteiger partial charge is 0.468 e. The Morgan fingerprint density at radius 1 is 1.07 bits per heavy atom. The molecule has 27 heavy (non-hydrogen) atoms. The molecule has 0 aliphatic heterocycles. The van der Waals surface area contributed by atoms with Crippen molar-refractivity contribution in [1.29, 1.82) is 0 Å². The maximum Gasteiger partial charge on any atom is 0.364 e. The summed E-state index contributed by atoms with van der Waals surface area (Å²) in [7, 11) is -2.60. The Hall–Kier alpha value is -1.24. The van der Waals surface area contributed by atoms with Gasteiger partial charge in [-0.05, 0) is 59.1 Å². The van der Waals surface area contributed by atoms with Gasteiger partial charge in [0.2, 0.25) is 0 Å². The van der Waals surface area contributed by atoms with Crippen LogP contribution in [0.25, 0.3) is 0 Å². The van der Waals surface area contributed by atoms with Gasteiger partial charge in [0.15, 0.2) is 5.85 Å². The predicted octanol–water partition coefficient (Wildman–Crippen LogP) is 3.54. The van der Waals surface area contributed by atoms with Gasteiger partial charge in [0.05, 0.1) is 18.3 Å². The van der Waals surface area contributed by atoms with Crippen molar-refractivity contribution in [2.75, 3.05) is 7.11 Å². The number of esters is 1. The first-order valence-electron chi connectivity index (χ1n) is 8.78. The lowest BCUT2D eigenvalue weighted by Crippen LogP contribution is -2.33. The van der Waals surface area contributed by atoms with Crippen LogP contribution < -0.4 is 5.73 Å². The highest BCUT2D eigenvalue weighted by atomic mass is 31.2. The summed E-state index contributed by atoms with van der Waals surface area (Å²) in [6.07, 6.45) is 0.289. The summed E-state index contributed by atoms with van der Waals surface area (Å²) in [5.41, 5.74) is 5.39. The average Bonchev–Trinajstić information content (AvgIpc) is 2.50. The molecule has 1 aromatic carbocycles. The fourth-order valence-electron chi connectivity index (χ4n) is 2.38. The highest BCUT2D eigenvalue weighted by molar-refractivity contribution is 7.54. The summed E-state index contributed by atoms with van der Waals surface area (Å²) in [6, 6.07) is 5.88. The summed E-state index contributed by atoms with van der Waals surface area (Å²) in [5.74, 6) is -1.94. The number of hydrogen-bond acceptors (Lipinski definition) is 7. The molecular weight excluding hydrogens is 369 g/mol. The topological polar surface area (TPSA) is 108 Å². The summed E-state index contributed by atoms with van der Waals surface area (Å²) < 4.78 is 29.3. The molecule has 7 nitrogen and oxygen atoms in total. The monoisotopic (exact) mass is 401 g/mol. The quantitative estimate of drug-likeness (QED) is 0.531. The van der Waals surface area contributed by atoms with E-state index in [9.17, 15) is 14.5 Å². The van der Waals surface area contributed by atoms with Gasteiger partial charge in [0, 0.05) is 0 Å². The minimum atomic E-state index is -3.88. The number of carbonyl (C=O) groups excluding carboxylic acids is 1. The van der Waals surface area contributed by atoms with E-state index in [4.69, 9.17) is 14.8 Å².